The van der Waals surface area contributed by atoms with Crippen molar-refractivity contribution in [2.45, 2.75) is 57.6 Å². The highest BCUT2D eigenvalue weighted by atomic mass is 16.5. The van der Waals surface area contributed by atoms with E-state index in [0.29, 0.717) is 12.3 Å². The van der Waals surface area contributed by atoms with Gasteiger partial charge in [-0.15, -0.1) is 0 Å². The third-order valence-electron chi connectivity index (χ3n) is 5.01. The Morgan fingerprint density at radius 2 is 1.85 bits per heavy atom. The highest BCUT2D eigenvalue weighted by molar-refractivity contribution is 5.76. The first-order valence-electron chi connectivity index (χ1n) is 9.64. The number of nitrogens with one attached hydrogen (secondary N) is 1. The Labute approximate surface area is 161 Å². The van der Waals surface area contributed by atoms with Crippen LogP contribution in [0.3, 0.4) is 0 Å². The average molecular weight is 368 g/mol. The van der Waals surface area contributed by atoms with Crippen LogP contribution in [0.4, 0.5) is 0 Å². The molecule has 3 rings (SSSR count). The predicted molar refractivity (Wildman–Crippen MR) is 105 cm³/mol. The number of amides is 1. The first kappa shape index (κ1) is 19.2. The molecular weight excluding hydrogens is 340 g/mol. The minimum atomic E-state index is 0.121. The van der Waals surface area contributed by atoms with Crippen LogP contribution in [0, 0.1) is 6.92 Å². The van der Waals surface area contributed by atoms with Gasteiger partial charge in [-0.25, -0.2) is 4.98 Å². The molecule has 1 aliphatic carbocycles. The van der Waals surface area contributed by atoms with E-state index >= 15 is 0 Å². The van der Waals surface area contributed by atoms with Crippen LogP contribution < -0.4 is 14.8 Å². The van der Waals surface area contributed by atoms with E-state index in [1.807, 2.05) is 49.5 Å². The molecule has 5 heteroatoms. The number of aryl methyl sites for hydroxylation is 2. The van der Waals surface area contributed by atoms with Crippen molar-refractivity contribution in [3.05, 3.63) is 53.7 Å². The van der Waals surface area contributed by atoms with Crippen molar-refractivity contribution in [2.75, 3.05) is 7.11 Å². The van der Waals surface area contributed by atoms with E-state index < -0.39 is 0 Å². The van der Waals surface area contributed by atoms with Crippen LogP contribution in [0.2, 0.25) is 0 Å². The molecule has 0 bridgehead atoms. The number of hydrogen-bond donors (Lipinski definition) is 1. The number of hydrogen-bond acceptors (Lipinski definition) is 4. The standard InChI is InChI=1S/C22H28N2O3/c1-16-3-14-22(23-15-16)27-20-11-7-18(8-12-20)24-21(25)13-6-17-4-9-19(26-2)10-5-17/h3-5,9-10,14-15,18,20H,6-8,11-13H2,1-2H3,(H,24,25). The maximum absolute atomic E-state index is 12.2. The van der Waals surface area contributed by atoms with Gasteiger partial charge in [0.1, 0.15) is 11.9 Å². The number of carbonyl (C=O) groups is 1. The van der Waals surface area contributed by atoms with Gasteiger partial charge in [0.15, 0.2) is 0 Å². The maximum Gasteiger partial charge on any atom is 0.220 e. The Bertz CT molecular complexity index is 720. The highest BCUT2D eigenvalue weighted by Crippen LogP contribution is 2.23. The Balaban J connectivity index is 1.36. The first-order valence-corrected chi connectivity index (χ1v) is 9.64. The largest absolute Gasteiger partial charge is 0.497 e. The molecule has 27 heavy (non-hydrogen) atoms. The Hall–Kier alpha value is -2.56. The van der Waals surface area contributed by atoms with Gasteiger partial charge in [-0.2, -0.15) is 0 Å². The van der Waals surface area contributed by atoms with Crippen LogP contribution in [-0.2, 0) is 11.2 Å². The van der Waals surface area contributed by atoms with Crippen molar-refractivity contribution in [3.8, 4) is 11.6 Å². The lowest BCUT2D eigenvalue weighted by Crippen LogP contribution is -2.39. The predicted octanol–water partition coefficient (Wildman–Crippen LogP) is 3.84. The molecule has 1 N–H and O–H groups in total. The van der Waals surface area contributed by atoms with E-state index in [1.165, 1.54) is 0 Å². The summed E-state index contributed by atoms with van der Waals surface area (Å²) in [6.45, 7) is 2.01. The molecule has 0 spiro atoms. The van der Waals surface area contributed by atoms with Crippen molar-refractivity contribution < 1.29 is 14.3 Å². The van der Waals surface area contributed by atoms with Gasteiger partial charge in [0.25, 0.3) is 0 Å². The summed E-state index contributed by atoms with van der Waals surface area (Å²) in [7, 11) is 1.65. The van der Waals surface area contributed by atoms with Crippen LogP contribution in [-0.4, -0.2) is 30.1 Å². The molecule has 0 unspecified atom stereocenters. The van der Waals surface area contributed by atoms with Crippen LogP contribution in [0.5, 0.6) is 11.6 Å². The smallest absolute Gasteiger partial charge is 0.220 e. The number of methoxy groups -OCH3 is 1. The van der Waals surface area contributed by atoms with Crippen LogP contribution in [0.15, 0.2) is 42.6 Å². The molecule has 144 valence electrons. The van der Waals surface area contributed by atoms with E-state index in [4.69, 9.17) is 9.47 Å². The van der Waals surface area contributed by atoms with E-state index in [2.05, 4.69) is 10.3 Å². The number of rotatable bonds is 7. The summed E-state index contributed by atoms with van der Waals surface area (Å²) in [6.07, 6.45) is 7.05. The quantitative estimate of drug-likeness (QED) is 0.807. The van der Waals surface area contributed by atoms with Crippen molar-refractivity contribution in [3.63, 3.8) is 0 Å². The van der Waals surface area contributed by atoms with Gasteiger partial charge in [0.05, 0.1) is 7.11 Å². The molecule has 1 aliphatic rings. The van der Waals surface area contributed by atoms with Gasteiger partial charge < -0.3 is 14.8 Å². The second kappa shape index (κ2) is 9.40. The lowest BCUT2D eigenvalue weighted by molar-refractivity contribution is -0.122. The van der Waals surface area contributed by atoms with Gasteiger partial charge in [0.2, 0.25) is 11.8 Å². The fourth-order valence-electron chi connectivity index (χ4n) is 3.37. The topological polar surface area (TPSA) is 60.5 Å². The lowest BCUT2D eigenvalue weighted by Gasteiger charge is -2.29. The van der Waals surface area contributed by atoms with Crippen molar-refractivity contribution in [1.82, 2.24) is 10.3 Å². The zero-order valence-corrected chi connectivity index (χ0v) is 16.1. The number of carbonyl (C=O) groups excluding carboxylic acids is 1. The summed E-state index contributed by atoms with van der Waals surface area (Å²) in [5.74, 6) is 1.64. The molecule has 1 amide bonds. The summed E-state index contributed by atoms with van der Waals surface area (Å²) in [5.41, 5.74) is 2.28. The van der Waals surface area contributed by atoms with Crippen LogP contribution >= 0.6 is 0 Å². The van der Waals surface area contributed by atoms with Gasteiger partial charge in [0, 0.05) is 24.7 Å². The molecule has 1 fully saturated rings. The zero-order valence-electron chi connectivity index (χ0n) is 16.1. The summed E-state index contributed by atoms with van der Waals surface area (Å²) < 4.78 is 11.1. The molecule has 1 saturated carbocycles. The third kappa shape index (κ3) is 5.98. The van der Waals surface area contributed by atoms with E-state index in [9.17, 15) is 4.79 Å². The van der Waals surface area contributed by atoms with Gasteiger partial charge in [-0.05, 0) is 62.3 Å². The molecule has 0 radical (unpaired) electrons. The highest BCUT2D eigenvalue weighted by Gasteiger charge is 2.23. The van der Waals surface area contributed by atoms with Crippen LogP contribution in [0.25, 0.3) is 0 Å². The Kier molecular flexibility index (Phi) is 6.69. The molecule has 1 heterocycles. The van der Waals surface area contributed by atoms with E-state index in [-0.39, 0.29) is 18.1 Å². The second-order valence-electron chi connectivity index (χ2n) is 7.18. The number of ether oxygens (including phenoxy) is 2. The van der Waals surface area contributed by atoms with Gasteiger partial charge in [-0.3, -0.25) is 4.79 Å². The molecular formula is C22H28N2O3. The fourth-order valence-corrected chi connectivity index (χ4v) is 3.37. The van der Waals surface area contributed by atoms with E-state index in [1.54, 1.807) is 7.11 Å². The Morgan fingerprint density at radius 3 is 2.48 bits per heavy atom. The number of pyridine rings is 1. The molecule has 0 saturated heterocycles. The molecule has 0 atom stereocenters. The van der Waals surface area contributed by atoms with Crippen molar-refractivity contribution in [1.29, 1.82) is 0 Å². The minimum absolute atomic E-state index is 0.121. The SMILES string of the molecule is COc1ccc(CCC(=O)NC2CCC(Oc3ccc(C)cn3)CC2)cc1. The van der Waals surface area contributed by atoms with Crippen molar-refractivity contribution in [2.24, 2.45) is 0 Å². The lowest BCUT2D eigenvalue weighted by atomic mass is 9.92. The van der Waals surface area contributed by atoms with Gasteiger partial charge in [-0.1, -0.05) is 18.2 Å². The summed E-state index contributed by atoms with van der Waals surface area (Å²) in [5, 5.41) is 3.17. The third-order valence-corrected chi connectivity index (χ3v) is 5.01. The molecule has 5 nitrogen and oxygen atoms in total. The van der Waals surface area contributed by atoms with Crippen molar-refractivity contribution >= 4 is 5.91 Å². The fraction of sp³-hybridized carbons (Fsp3) is 0.455. The molecule has 1 aromatic carbocycles. The molecule has 1 aromatic heterocycles. The molecule has 2 aromatic rings. The van der Waals surface area contributed by atoms with Gasteiger partial charge >= 0.3 is 0 Å². The summed E-state index contributed by atoms with van der Waals surface area (Å²) in [6, 6.07) is 12.1. The maximum atomic E-state index is 12.2. The second-order valence-corrected chi connectivity index (χ2v) is 7.18. The number of nitrogens with zero attached hydrogens (tertiary/aromatic N) is 1. The monoisotopic (exact) mass is 368 g/mol. The summed E-state index contributed by atoms with van der Waals surface area (Å²) in [4.78, 5) is 16.5. The minimum Gasteiger partial charge on any atom is -0.497 e. The number of benzene rings is 1. The number of aromatic nitrogens is 1. The first-order chi connectivity index (χ1) is 13.1. The van der Waals surface area contributed by atoms with Crippen LogP contribution in [0.1, 0.15) is 43.2 Å². The summed E-state index contributed by atoms with van der Waals surface area (Å²) >= 11 is 0. The van der Waals surface area contributed by atoms with E-state index in [0.717, 1.165) is 49.0 Å². The Morgan fingerprint density at radius 1 is 1.11 bits per heavy atom. The zero-order chi connectivity index (χ0) is 19.1. The molecule has 0 aliphatic heterocycles. The average Bonchev–Trinajstić information content (AvgIpc) is 2.70. The normalized spacial score (nSPS) is 19.3.